The van der Waals surface area contributed by atoms with Gasteiger partial charge in [0.15, 0.2) is 6.61 Å². The van der Waals surface area contributed by atoms with E-state index in [1.807, 2.05) is 56.3 Å². The lowest BCUT2D eigenvalue weighted by atomic mass is 10.2. The highest BCUT2D eigenvalue weighted by atomic mass is 16.5. The molecule has 0 fully saturated rings. The Hall–Kier alpha value is -3.02. The summed E-state index contributed by atoms with van der Waals surface area (Å²) in [5, 5.41) is 0. The van der Waals surface area contributed by atoms with Crippen LogP contribution in [0.2, 0.25) is 0 Å². The number of ether oxygens (including phenoxy) is 2. The topological polar surface area (TPSA) is 76.7 Å². The summed E-state index contributed by atoms with van der Waals surface area (Å²) in [7, 11) is 0. The van der Waals surface area contributed by atoms with Crippen molar-refractivity contribution in [3.05, 3.63) is 59.7 Å². The zero-order valence-electron chi connectivity index (χ0n) is 15.1. The summed E-state index contributed by atoms with van der Waals surface area (Å²) >= 11 is 0. The van der Waals surface area contributed by atoms with Gasteiger partial charge in [-0.25, -0.2) is 0 Å². The van der Waals surface area contributed by atoms with Gasteiger partial charge in [-0.05, 0) is 49.6 Å². The number of hydrazine groups is 1. The number of aryl methyl sites for hydroxylation is 2. The second-order valence-electron chi connectivity index (χ2n) is 5.92. The molecule has 0 aliphatic carbocycles. The molecule has 0 atom stereocenters. The van der Waals surface area contributed by atoms with E-state index in [-0.39, 0.29) is 18.9 Å². The third kappa shape index (κ3) is 6.84. The molecular weight excluding hydrogens is 332 g/mol. The molecule has 2 aromatic rings. The Kier molecular flexibility index (Phi) is 7.49. The summed E-state index contributed by atoms with van der Waals surface area (Å²) in [6.45, 7) is 4.16. The number of amides is 2. The Morgan fingerprint density at radius 3 is 2.46 bits per heavy atom. The highest BCUT2D eigenvalue weighted by molar-refractivity contribution is 5.82. The summed E-state index contributed by atoms with van der Waals surface area (Å²) in [4.78, 5) is 23.4. The van der Waals surface area contributed by atoms with Crippen molar-refractivity contribution in [2.75, 3.05) is 13.2 Å². The van der Waals surface area contributed by atoms with Crippen LogP contribution in [0.3, 0.4) is 0 Å². The zero-order chi connectivity index (χ0) is 18.8. The number of hydrogen-bond acceptors (Lipinski definition) is 4. The van der Waals surface area contributed by atoms with Crippen molar-refractivity contribution in [1.29, 1.82) is 0 Å². The number of rotatable bonds is 8. The van der Waals surface area contributed by atoms with Crippen molar-refractivity contribution >= 4 is 11.8 Å². The van der Waals surface area contributed by atoms with Crippen molar-refractivity contribution < 1.29 is 19.1 Å². The van der Waals surface area contributed by atoms with Gasteiger partial charge in [0.1, 0.15) is 11.5 Å². The molecule has 6 nitrogen and oxygen atoms in total. The molecule has 2 N–H and O–H groups in total. The van der Waals surface area contributed by atoms with Crippen LogP contribution in [-0.2, 0) is 9.59 Å². The zero-order valence-corrected chi connectivity index (χ0v) is 15.1. The van der Waals surface area contributed by atoms with Gasteiger partial charge in [0.2, 0.25) is 5.91 Å². The lowest BCUT2D eigenvalue weighted by Gasteiger charge is -2.10. The Morgan fingerprint density at radius 2 is 1.69 bits per heavy atom. The fourth-order valence-electron chi connectivity index (χ4n) is 2.23. The van der Waals surface area contributed by atoms with E-state index < -0.39 is 5.91 Å². The molecule has 2 aromatic carbocycles. The van der Waals surface area contributed by atoms with Crippen molar-refractivity contribution in [3.8, 4) is 11.5 Å². The number of para-hydroxylation sites is 1. The monoisotopic (exact) mass is 356 g/mol. The number of carbonyl (C=O) groups is 2. The summed E-state index contributed by atoms with van der Waals surface area (Å²) in [6.07, 6.45) is 0.806. The molecule has 0 aromatic heterocycles. The van der Waals surface area contributed by atoms with Gasteiger partial charge < -0.3 is 9.47 Å². The predicted octanol–water partition coefficient (Wildman–Crippen LogP) is 2.69. The normalized spacial score (nSPS) is 10.1. The standard InChI is InChI=1S/C20H24N2O4/c1-15-7-5-9-17(13-15)25-12-6-11-19(23)21-22-20(24)14-26-18-10-4-3-8-16(18)2/h3-5,7-10,13H,6,11-12,14H2,1-2H3,(H,21,23)(H,22,24). The smallest absolute Gasteiger partial charge is 0.276 e. The lowest BCUT2D eigenvalue weighted by Crippen LogP contribution is -2.43. The summed E-state index contributed by atoms with van der Waals surface area (Å²) in [6, 6.07) is 15.1. The van der Waals surface area contributed by atoms with Crippen molar-refractivity contribution in [2.24, 2.45) is 0 Å². The van der Waals surface area contributed by atoms with Crippen LogP contribution in [0.5, 0.6) is 11.5 Å². The minimum atomic E-state index is -0.419. The molecule has 0 aliphatic heterocycles. The van der Waals surface area contributed by atoms with Crippen molar-refractivity contribution in [3.63, 3.8) is 0 Å². The molecule has 0 radical (unpaired) electrons. The van der Waals surface area contributed by atoms with E-state index in [9.17, 15) is 9.59 Å². The number of benzene rings is 2. The van der Waals surface area contributed by atoms with Crippen LogP contribution in [-0.4, -0.2) is 25.0 Å². The first kappa shape index (κ1) is 19.3. The first-order valence-electron chi connectivity index (χ1n) is 8.50. The number of carbonyl (C=O) groups excluding carboxylic acids is 2. The maximum atomic E-state index is 11.7. The molecule has 0 saturated carbocycles. The average molecular weight is 356 g/mol. The summed E-state index contributed by atoms with van der Waals surface area (Å²) < 4.78 is 11.0. The van der Waals surface area contributed by atoms with E-state index in [0.29, 0.717) is 18.8 Å². The molecule has 2 amide bonds. The largest absolute Gasteiger partial charge is 0.494 e. The van der Waals surface area contributed by atoms with Crippen LogP contribution in [0.4, 0.5) is 0 Å². The molecule has 2 rings (SSSR count). The van der Waals surface area contributed by atoms with Gasteiger partial charge in [-0.2, -0.15) is 0 Å². The highest BCUT2D eigenvalue weighted by Gasteiger charge is 2.07. The molecule has 0 saturated heterocycles. The van der Waals surface area contributed by atoms with E-state index >= 15 is 0 Å². The molecule has 6 heteroatoms. The van der Waals surface area contributed by atoms with Crippen LogP contribution >= 0.6 is 0 Å². The van der Waals surface area contributed by atoms with E-state index in [4.69, 9.17) is 9.47 Å². The SMILES string of the molecule is Cc1cccc(OCCCC(=O)NNC(=O)COc2ccccc2C)c1. The van der Waals surface area contributed by atoms with Crippen LogP contribution in [0.25, 0.3) is 0 Å². The number of nitrogens with one attached hydrogen (secondary N) is 2. The Bertz CT molecular complexity index is 746. The molecule has 0 aliphatic rings. The second-order valence-corrected chi connectivity index (χ2v) is 5.92. The van der Waals surface area contributed by atoms with Crippen LogP contribution < -0.4 is 20.3 Å². The Morgan fingerprint density at radius 1 is 0.923 bits per heavy atom. The minimum Gasteiger partial charge on any atom is -0.494 e. The summed E-state index contributed by atoms with van der Waals surface area (Å²) in [5.74, 6) is 0.731. The maximum Gasteiger partial charge on any atom is 0.276 e. The van der Waals surface area contributed by atoms with Crippen molar-refractivity contribution in [2.45, 2.75) is 26.7 Å². The first-order chi connectivity index (χ1) is 12.5. The fourth-order valence-corrected chi connectivity index (χ4v) is 2.23. The Balaban J connectivity index is 1.58. The predicted molar refractivity (Wildman–Crippen MR) is 98.9 cm³/mol. The minimum absolute atomic E-state index is 0.165. The molecule has 0 heterocycles. The van der Waals surface area contributed by atoms with Crippen LogP contribution in [0, 0.1) is 13.8 Å². The van der Waals surface area contributed by atoms with E-state index in [0.717, 1.165) is 16.9 Å². The van der Waals surface area contributed by atoms with Gasteiger partial charge in [0, 0.05) is 6.42 Å². The Labute approximate surface area is 153 Å². The third-order valence-corrected chi connectivity index (χ3v) is 3.60. The molecular formula is C20H24N2O4. The van der Waals surface area contributed by atoms with Gasteiger partial charge in [-0.15, -0.1) is 0 Å². The first-order valence-corrected chi connectivity index (χ1v) is 8.50. The van der Waals surface area contributed by atoms with E-state index in [1.54, 1.807) is 6.07 Å². The molecule has 0 unspecified atom stereocenters. The van der Waals surface area contributed by atoms with Gasteiger partial charge in [-0.3, -0.25) is 20.4 Å². The highest BCUT2D eigenvalue weighted by Crippen LogP contribution is 2.15. The average Bonchev–Trinajstić information content (AvgIpc) is 2.63. The maximum absolute atomic E-state index is 11.7. The third-order valence-electron chi connectivity index (χ3n) is 3.60. The van der Waals surface area contributed by atoms with Crippen LogP contribution in [0.15, 0.2) is 48.5 Å². The van der Waals surface area contributed by atoms with Gasteiger partial charge >= 0.3 is 0 Å². The van der Waals surface area contributed by atoms with Gasteiger partial charge in [0.25, 0.3) is 5.91 Å². The van der Waals surface area contributed by atoms with Gasteiger partial charge in [-0.1, -0.05) is 30.3 Å². The lowest BCUT2D eigenvalue weighted by molar-refractivity contribution is -0.130. The molecule has 0 spiro atoms. The number of hydrogen-bond donors (Lipinski definition) is 2. The quantitative estimate of drug-likeness (QED) is 0.563. The van der Waals surface area contributed by atoms with Gasteiger partial charge in [0.05, 0.1) is 6.61 Å². The van der Waals surface area contributed by atoms with E-state index in [2.05, 4.69) is 10.9 Å². The molecule has 0 bridgehead atoms. The summed E-state index contributed by atoms with van der Waals surface area (Å²) in [5.41, 5.74) is 6.76. The van der Waals surface area contributed by atoms with Crippen molar-refractivity contribution in [1.82, 2.24) is 10.9 Å². The fraction of sp³-hybridized carbons (Fsp3) is 0.300. The molecule has 138 valence electrons. The molecule has 26 heavy (non-hydrogen) atoms. The second kappa shape index (κ2) is 10.1. The van der Waals surface area contributed by atoms with Crippen LogP contribution in [0.1, 0.15) is 24.0 Å². The van der Waals surface area contributed by atoms with E-state index in [1.165, 1.54) is 0 Å².